The van der Waals surface area contributed by atoms with Gasteiger partial charge in [-0.05, 0) is 42.5 Å². The number of rotatable bonds is 3. The van der Waals surface area contributed by atoms with E-state index >= 15 is 0 Å². The summed E-state index contributed by atoms with van der Waals surface area (Å²) in [5.41, 5.74) is 8.90. The Balaban J connectivity index is 1.81. The smallest absolute Gasteiger partial charge is 0.305 e. The van der Waals surface area contributed by atoms with Crippen molar-refractivity contribution in [3.63, 3.8) is 0 Å². The van der Waals surface area contributed by atoms with Crippen molar-refractivity contribution in [2.45, 2.75) is 25.3 Å². The van der Waals surface area contributed by atoms with Gasteiger partial charge in [-0.25, -0.2) is 9.97 Å². The molecule has 0 aliphatic heterocycles. The van der Waals surface area contributed by atoms with Crippen LogP contribution in [0.1, 0.15) is 30.0 Å². The third-order valence-electron chi connectivity index (χ3n) is 3.63. The third-order valence-corrected chi connectivity index (χ3v) is 3.63. The van der Waals surface area contributed by atoms with Gasteiger partial charge in [0.15, 0.2) is 0 Å². The first-order valence-corrected chi connectivity index (χ1v) is 6.75. The molecule has 0 fully saturated rings. The highest BCUT2D eigenvalue weighted by Gasteiger charge is 2.21. The van der Waals surface area contributed by atoms with Crippen molar-refractivity contribution in [3.05, 3.63) is 51.8 Å². The Bertz CT molecular complexity index is 672. The topological polar surface area (TPSA) is 107 Å². The van der Waals surface area contributed by atoms with Gasteiger partial charge in [0, 0.05) is 5.69 Å². The lowest BCUT2D eigenvalue weighted by Crippen LogP contribution is -2.18. The predicted octanol–water partition coefficient (Wildman–Crippen LogP) is 2.46. The van der Waals surface area contributed by atoms with Crippen LogP contribution in [-0.4, -0.2) is 14.9 Å². The summed E-state index contributed by atoms with van der Waals surface area (Å²) in [6.45, 7) is 0. The SMILES string of the molecule is Nc1ccc2c(c1)CCCC2Nc1ncc([N+](=O)[O-])cn1. The largest absolute Gasteiger partial charge is 0.399 e. The molecule has 3 rings (SSSR count). The van der Waals surface area contributed by atoms with E-state index in [0.29, 0.717) is 5.95 Å². The molecule has 0 spiro atoms. The van der Waals surface area contributed by atoms with E-state index in [1.165, 1.54) is 23.5 Å². The molecule has 1 heterocycles. The van der Waals surface area contributed by atoms with Crippen molar-refractivity contribution in [1.82, 2.24) is 9.97 Å². The van der Waals surface area contributed by atoms with Crippen LogP contribution < -0.4 is 11.1 Å². The molecule has 0 amide bonds. The van der Waals surface area contributed by atoms with Crippen molar-refractivity contribution >= 4 is 17.3 Å². The summed E-state index contributed by atoms with van der Waals surface area (Å²) < 4.78 is 0. The number of anilines is 2. The Morgan fingerprint density at radius 3 is 2.81 bits per heavy atom. The average molecular weight is 285 g/mol. The van der Waals surface area contributed by atoms with Crippen LogP contribution in [0.3, 0.4) is 0 Å². The van der Waals surface area contributed by atoms with Crippen molar-refractivity contribution in [2.75, 3.05) is 11.1 Å². The van der Waals surface area contributed by atoms with E-state index in [-0.39, 0.29) is 11.7 Å². The van der Waals surface area contributed by atoms with Crippen LogP contribution >= 0.6 is 0 Å². The van der Waals surface area contributed by atoms with Crippen LogP contribution in [0.25, 0.3) is 0 Å². The predicted molar refractivity (Wildman–Crippen MR) is 78.8 cm³/mol. The van der Waals surface area contributed by atoms with E-state index in [1.807, 2.05) is 18.2 Å². The van der Waals surface area contributed by atoms with Gasteiger partial charge in [-0.2, -0.15) is 0 Å². The van der Waals surface area contributed by atoms with Gasteiger partial charge in [0.2, 0.25) is 5.95 Å². The molecule has 1 aliphatic rings. The molecule has 3 N–H and O–H groups in total. The fourth-order valence-electron chi connectivity index (χ4n) is 2.63. The fourth-order valence-corrected chi connectivity index (χ4v) is 2.63. The maximum Gasteiger partial charge on any atom is 0.305 e. The van der Waals surface area contributed by atoms with E-state index in [9.17, 15) is 10.1 Å². The lowest BCUT2D eigenvalue weighted by Gasteiger charge is -2.26. The summed E-state index contributed by atoms with van der Waals surface area (Å²) in [6, 6.07) is 6.01. The van der Waals surface area contributed by atoms with Gasteiger partial charge in [-0.15, -0.1) is 0 Å². The number of benzene rings is 1. The molecular weight excluding hydrogens is 270 g/mol. The molecular formula is C14H15N5O2. The number of hydrogen-bond acceptors (Lipinski definition) is 6. The molecule has 7 nitrogen and oxygen atoms in total. The Hall–Kier alpha value is -2.70. The molecule has 2 aromatic rings. The highest BCUT2D eigenvalue weighted by Crippen LogP contribution is 2.32. The number of aromatic nitrogens is 2. The van der Waals surface area contributed by atoms with Gasteiger partial charge < -0.3 is 11.1 Å². The van der Waals surface area contributed by atoms with Gasteiger partial charge in [0.1, 0.15) is 12.4 Å². The number of nitrogen functional groups attached to an aromatic ring is 1. The molecule has 1 aliphatic carbocycles. The lowest BCUT2D eigenvalue weighted by molar-refractivity contribution is -0.385. The molecule has 108 valence electrons. The summed E-state index contributed by atoms with van der Waals surface area (Å²) in [4.78, 5) is 18.1. The van der Waals surface area contributed by atoms with Crippen LogP contribution in [-0.2, 0) is 6.42 Å². The summed E-state index contributed by atoms with van der Waals surface area (Å²) in [7, 11) is 0. The standard InChI is InChI=1S/C14H15N5O2/c15-10-4-5-12-9(6-10)2-1-3-13(12)18-14-16-7-11(8-17-14)19(20)21/h4-8,13H,1-3,15H2,(H,16,17,18). The fraction of sp³-hybridized carbons (Fsp3) is 0.286. The van der Waals surface area contributed by atoms with Crippen LogP contribution in [0.2, 0.25) is 0 Å². The van der Waals surface area contributed by atoms with Crippen molar-refractivity contribution in [2.24, 2.45) is 0 Å². The van der Waals surface area contributed by atoms with E-state index in [2.05, 4.69) is 15.3 Å². The van der Waals surface area contributed by atoms with Crippen molar-refractivity contribution < 1.29 is 4.92 Å². The van der Waals surface area contributed by atoms with E-state index < -0.39 is 4.92 Å². The number of nitro groups is 1. The van der Waals surface area contributed by atoms with Crippen molar-refractivity contribution in [3.8, 4) is 0 Å². The first-order chi connectivity index (χ1) is 10.1. The minimum absolute atomic E-state index is 0.107. The van der Waals surface area contributed by atoms with Crippen LogP contribution in [0.4, 0.5) is 17.3 Å². The van der Waals surface area contributed by atoms with Gasteiger partial charge in [-0.3, -0.25) is 10.1 Å². The third kappa shape index (κ3) is 2.76. The van der Waals surface area contributed by atoms with Crippen LogP contribution in [0.15, 0.2) is 30.6 Å². The van der Waals surface area contributed by atoms with Gasteiger partial charge in [0.25, 0.3) is 0 Å². The Morgan fingerprint density at radius 2 is 2.10 bits per heavy atom. The van der Waals surface area contributed by atoms with Crippen LogP contribution in [0.5, 0.6) is 0 Å². The molecule has 7 heteroatoms. The lowest BCUT2D eigenvalue weighted by atomic mass is 9.87. The highest BCUT2D eigenvalue weighted by atomic mass is 16.6. The number of hydrogen-bond donors (Lipinski definition) is 2. The molecule has 0 saturated heterocycles. The second-order valence-electron chi connectivity index (χ2n) is 5.07. The van der Waals surface area contributed by atoms with Crippen molar-refractivity contribution in [1.29, 1.82) is 0 Å². The molecule has 1 aromatic carbocycles. The Morgan fingerprint density at radius 1 is 1.33 bits per heavy atom. The number of nitrogens with one attached hydrogen (secondary N) is 1. The zero-order chi connectivity index (χ0) is 14.8. The zero-order valence-corrected chi connectivity index (χ0v) is 11.3. The maximum atomic E-state index is 10.6. The average Bonchev–Trinajstić information content (AvgIpc) is 2.47. The van der Waals surface area contributed by atoms with Crippen LogP contribution in [0, 0.1) is 10.1 Å². The summed E-state index contributed by atoms with van der Waals surface area (Å²) in [6.07, 6.45) is 5.46. The van der Waals surface area contributed by atoms with E-state index in [0.717, 1.165) is 24.9 Å². The Kier molecular flexibility index (Phi) is 3.39. The molecule has 21 heavy (non-hydrogen) atoms. The number of fused-ring (bicyclic) bond motifs is 1. The summed E-state index contributed by atoms with van der Waals surface area (Å²) in [5, 5.41) is 13.8. The van der Waals surface area contributed by atoms with Gasteiger partial charge in [0.05, 0.1) is 11.0 Å². The first kappa shape index (κ1) is 13.3. The molecule has 1 aromatic heterocycles. The molecule has 0 radical (unpaired) electrons. The molecule has 1 unspecified atom stereocenters. The number of nitrogens with two attached hydrogens (primary N) is 1. The zero-order valence-electron chi connectivity index (χ0n) is 11.3. The molecule has 1 atom stereocenters. The van der Waals surface area contributed by atoms with Gasteiger partial charge in [-0.1, -0.05) is 6.07 Å². The summed E-state index contributed by atoms with van der Waals surface area (Å²) in [5.74, 6) is 0.398. The first-order valence-electron chi connectivity index (χ1n) is 6.75. The second-order valence-corrected chi connectivity index (χ2v) is 5.07. The van der Waals surface area contributed by atoms with Gasteiger partial charge >= 0.3 is 5.69 Å². The second kappa shape index (κ2) is 5.35. The summed E-state index contributed by atoms with van der Waals surface area (Å²) >= 11 is 0. The minimum atomic E-state index is -0.511. The quantitative estimate of drug-likeness (QED) is 0.509. The minimum Gasteiger partial charge on any atom is -0.399 e. The monoisotopic (exact) mass is 285 g/mol. The van der Waals surface area contributed by atoms with E-state index in [4.69, 9.17) is 5.73 Å². The number of nitrogens with zero attached hydrogens (tertiary/aromatic N) is 3. The Labute approximate surface area is 121 Å². The highest BCUT2D eigenvalue weighted by molar-refractivity contribution is 5.48. The van der Waals surface area contributed by atoms with E-state index in [1.54, 1.807) is 0 Å². The molecule has 0 saturated carbocycles. The normalized spacial score (nSPS) is 17.0. The number of aryl methyl sites for hydroxylation is 1. The maximum absolute atomic E-state index is 10.6. The molecule has 0 bridgehead atoms.